The van der Waals surface area contributed by atoms with E-state index in [9.17, 15) is 9.18 Å². The van der Waals surface area contributed by atoms with Crippen LogP contribution in [0.3, 0.4) is 0 Å². The first kappa shape index (κ1) is 15.4. The van der Waals surface area contributed by atoms with E-state index >= 15 is 0 Å². The Kier molecular flexibility index (Phi) is 3.99. The number of rotatable bonds is 2. The number of halogens is 1. The highest BCUT2D eigenvalue weighted by atomic mass is 19.1. The van der Waals surface area contributed by atoms with Gasteiger partial charge in [-0.25, -0.2) is 4.39 Å². The van der Waals surface area contributed by atoms with E-state index in [4.69, 9.17) is 0 Å². The van der Waals surface area contributed by atoms with E-state index in [-0.39, 0.29) is 17.0 Å². The summed E-state index contributed by atoms with van der Waals surface area (Å²) in [5.41, 5.74) is 3.34. The van der Waals surface area contributed by atoms with E-state index in [2.05, 4.69) is 0 Å². The molecular formula is C19H21FO. The van der Waals surface area contributed by atoms with Gasteiger partial charge in [-0.3, -0.25) is 4.79 Å². The number of carbonyl (C=O) groups excluding carboxylic acids is 1. The minimum absolute atomic E-state index is 0.0105. The van der Waals surface area contributed by atoms with Gasteiger partial charge in [0.15, 0.2) is 5.78 Å². The Morgan fingerprint density at radius 2 is 1.71 bits per heavy atom. The molecule has 110 valence electrons. The molecule has 0 amide bonds. The third kappa shape index (κ3) is 3.05. The predicted molar refractivity (Wildman–Crippen MR) is 85.3 cm³/mol. The summed E-state index contributed by atoms with van der Waals surface area (Å²) >= 11 is 0. The molecule has 0 spiro atoms. The first-order valence-corrected chi connectivity index (χ1v) is 7.13. The maximum atomic E-state index is 14.9. The van der Waals surface area contributed by atoms with Crippen LogP contribution in [0.1, 0.15) is 49.2 Å². The molecule has 2 rings (SSSR count). The summed E-state index contributed by atoms with van der Waals surface area (Å²) in [7, 11) is 0. The molecule has 0 aromatic heterocycles. The fraction of sp³-hybridized carbons (Fsp3) is 0.316. The van der Waals surface area contributed by atoms with Crippen LogP contribution in [-0.2, 0) is 5.41 Å². The molecule has 2 heteroatoms. The van der Waals surface area contributed by atoms with Crippen LogP contribution in [0.15, 0.2) is 36.4 Å². The van der Waals surface area contributed by atoms with Gasteiger partial charge in [0, 0.05) is 11.1 Å². The lowest BCUT2D eigenvalue weighted by Crippen LogP contribution is -2.14. The molecule has 0 bridgehead atoms. The molecule has 21 heavy (non-hydrogen) atoms. The number of Topliss-reactive ketones (excluding diaryl/α,β-unsaturated/α-hetero) is 1. The van der Waals surface area contributed by atoms with E-state index in [1.54, 1.807) is 18.2 Å². The Hall–Kier alpha value is -1.96. The van der Waals surface area contributed by atoms with Crippen LogP contribution in [0.4, 0.5) is 4.39 Å². The second kappa shape index (κ2) is 5.44. The zero-order valence-corrected chi connectivity index (χ0v) is 13.3. The molecule has 0 aliphatic carbocycles. The quantitative estimate of drug-likeness (QED) is 0.684. The second-order valence-electron chi connectivity index (χ2n) is 6.50. The maximum absolute atomic E-state index is 14.9. The fourth-order valence-electron chi connectivity index (χ4n) is 2.45. The van der Waals surface area contributed by atoms with Crippen LogP contribution in [-0.4, -0.2) is 5.78 Å². The lowest BCUT2D eigenvalue weighted by atomic mass is 9.84. The van der Waals surface area contributed by atoms with Gasteiger partial charge < -0.3 is 0 Å². The van der Waals surface area contributed by atoms with Crippen LogP contribution in [0.2, 0.25) is 0 Å². The van der Waals surface area contributed by atoms with Crippen molar-refractivity contribution in [1.82, 2.24) is 0 Å². The summed E-state index contributed by atoms with van der Waals surface area (Å²) in [5.74, 6) is -0.211. The summed E-state index contributed by atoms with van der Waals surface area (Å²) in [5, 5.41) is 0. The molecule has 1 nitrogen and oxygen atoms in total. The van der Waals surface area contributed by atoms with Gasteiger partial charge in [-0.1, -0.05) is 51.1 Å². The molecule has 0 fully saturated rings. The van der Waals surface area contributed by atoms with E-state index < -0.39 is 0 Å². The number of benzene rings is 2. The highest BCUT2D eigenvalue weighted by molar-refractivity contribution is 5.95. The van der Waals surface area contributed by atoms with Crippen LogP contribution in [0.5, 0.6) is 0 Å². The molecule has 0 radical (unpaired) electrons. The molecule has 0 saturated carbocycles. The van der Waals surface area contributed by atoms with Crippen LogP contribution >= 0.6 is 0 Å². The van der Waals surface area contributed by atoms with Gasteiger partial charge in [-0.15, -0.1) is 0 Å². The molecule has 0 atom stereocenters. The number of aryl methyl sites for hydroxylation is 1. The van der Waals surface area contributed by atoms with Gasteiger partial charge in [0.1, 0.15) is 5.82 Å². The topological polar surface area (TPSA) is 17.1 Å². The number of carbonyl (C=O) groups is 1. The first-order valence-electron chi connectivity index (χ1n) is 7.13. The molecule has 0 heterocycles. The Bertz CT molecular complexity index is 693. The molecule has 2 aromatic carbocycles. The Balaban J connectivity index is 2.68. The van der Waals surface area contributed by atoms with Crippen molar-refractivity contribution in [3.63, 3.8) is 0 Å². The molecule has 0 saturated heterocycles. The van der Waals surface area contributed by atoms with Gasteiger partial charge in [-0.2, -0.15) is 0 Å². The van der Waals surface area contributed by atoms with Crippen molar-refractivity contribution < 1.29 is 9.18 Å². The van der Waals surface area contributed by atoms with Crippen molar-refractivity contribution in [2.75, 3.05) is 0 Å². The van der Waals surface area contributed by atoms with Crippen molar-refractivity contribution in [2.24, 2.45) is 0 Å². The summed E-state index contributed by atoms with van der Waals surface area (Å²) in [6.45, 7) is 9.44. The summed E-state index contributed by atoms with van der Waals surface area (Å²) in [6, 6.07) is 10.9. The Labute approximate surface area is 125 Å². The van der Waals surface area contributed by atoms with Crippen LogP contribution < -0.4 is 0 Å². The van der Waals surface area contributed by atoms with Crippen LogP contribution in [0.25, 0.3) is 11.1 Å². The van der Waals surface area contributed by atoms with Crippen molar-refractivity contribution in [3.8, 4) is 11.1 Å². The highest BCUT2D eigenvalue weighted by Gasteiger charge is 2.21. The molecule has 0 aliphatic rings. The third-order valence-electron chi connectivity index (χ3n) is 3.74. The fourth-order valence-corrected chi connectivity index (χ4v) is 2.45. The minimum atomic E-state index is -0.258. The van der Waals surface area contributed by atoms with Crippen molar-refractivity contribution in [2.45, 2.75) is 40.0 Å². The van der Waals surface area contributed by atoms with Gasteiger partial charge in [-0.05, 0) is 42.0 Å². The summed E-state index contributed by atoms with van der Waals surface area (Å²) in [6.07, 6.45) is 0. The number of hydrogen-bond donors (Lipinski definition) is 0. The highest BCUT2D eigenvalue weighted by Crippen LogP contribution is 2.33. The first-order chi connectivity index (χ1) is 9.71. The summed E-state index contributed by atoms with van der Waals surface area (Å²) < 4.78 is 14.9. The number of hydrogen-bond acceptors (Lipinski definition) is 1. The SMILES string of the molecule is CC(=O)c1ccc(C)c(-c2cccc(C(C)(C)C)c2F)c1. The van der Waals surface area contributed by atoms with Gasteiger partial charge >= 0.3 is 0 Å². The lowest BCUT2D eigenvalue weighted by Gasteiger charge is -2.21. The van der Waals surface area contributed by atoms with Crippen LogP contribution in [0, 0.1) is 12.7 Å². The van der Waals surface area contributed by atoms with Crippen molar-refractivity contribution >= 4 is 5.78 Å². The monoisotopic (exact) mass is 284 g/mol. The minimum Gasteiger partial charge on any atom is -0.295 e. The molecule has 0 unspecified atom stereocenters. The molecular weight excluding hydrogens is 263 g/mol. The zero-order chi connectivity index (χ0) is 15.8. The summed E-state index contributed by atoms with van der Waals surface area (Å²) in [4.78, 5) is 11.6. The second-order valence-corrected chi connectivity index (χ2v) is 6.50. The molecule has 0 N–H and O–H groups in total. The average Bonchev–Trinajstić information content (AvgIpc) is 2.38. The lowest BCUT2D eigenvalue weighted by molar-refractivity contribution is 0.101. The average molecular weight is 284 g/mol. The maximum Gasteiger partial charge on any atom is 0.159 e. The van der Waals surface area contributed by atoms with E-state index in [1.165, 1.54) is 6.92 Å². The van der Waals surface area contributed by atoms with E-state index in [0.29, 0.717) is 16.7 Å². The largest absolute Gasteiger partial charge is 0.295 e. The van der Waals surface area contributed by atoms with E-state index in [1.807, 2.05) is 45.9 Å². The normalized spacial score (nSPS) is 11.5. The van der Waals surface area contributed by atoms with Gasteiger partial charge in [0.05, 0.1) is 0 Å². The van der Waals surface area contributed by atoms with Crippen molar-refractivity contribution in [3.05, 3.63) is 58.9 Å². The van der Waals surface area contributed by atoms with Gasteiger partial charge in [0.2, 0.25) is 0 Å². The van der Waals surface area contributed by atoms with Crippen molar-refractivity contribution in [1.29, 1.82) is 0 Å². The molecule has 2 aromatic rings. The van der Waals surface area contributed by atoms with Gasteiger partial charge in [0.25, 0.3) is 0 Å². The predicted octanol–water partition coefficient (Wildman–Crippen LogP) is 5.30. The standard InChI is InChI=1S/C19H21FO/c1-12-9-10-14(13(2)21)11-16(12)15-7-6-8-17(18(15)20)19(3,4)5/h6-11H,1-5H3. The number of ketones is 1. The Morgan fingerprint density at radius 1 is 1.05 bits per heavy atom. The zero-order valence-electron chi connectivity index (χ0n) is 13.3. The third-order valence-corrected chi connectivity index (χ3v) is 3.74. The molecule has 0 aliphatic heterocycles. The van der Waals surface area contributed by atoms with E-state index in [0.717, 1.165) is 11.1 Å². The Morgan fingerprint density at radius 3 is 2.29 bits per heavy atom. The smallest absolute Gasteiger partial charge is 0.159 e.